The molecule has 1 aliphatic carbocycles. The van der Waals surface area contributed by atoms with E-state index in [0.29, 0.717) is 25.1 Å². The van der Waals surface area contributed by atoms with Crippen LogP contribution in [0.4, 0.5) is 0 Å². The molecule has 1 amide bonds. The highest BCUT2D eigenvalue weighted by Crippen LogP contribution is 2.26. The molecule has 1 N–H and O–H groups in total. The molecule has 5 heteroatoms. The van der Waals surface area contributed by atoms with E-state index in [-0.39, 0.29) is 5.91 Å². The molecule has 0 aromatic rings. The molecule has 21 heavy (non-hydrogen) atoms. The number of amides is 1. The van der Waals surface area contributed by atoms with Gasteiger partial charge in [0, 0.05) is 32.7 Å². The first-order chi connectivity index (χ1) is 10.1. The number of hydrogen-bond donors (Lipinski definition) is 1. The van der Waals surface area contributed by atoms with E-state index in [4.69, 9.17) is 4.74 Å². The predicted molar refractivity (Wildman–Crippen MR) is 82.1 cm³/mol. The largest absolute Gasteiger partial charge is 0.384 e. The summed E-state index contributed by atoms with van der Waals surface area (Å²) in [6, 6.07) is 0. The van der Waals surface area contributed by atoms with Gasteiger partial charge in [-0.15, -0.1) is 0 Å². The van der Waals surface area contributed by atoms with Crippen LogP contribution in [-0.2, 0) is 9.53 Å². The maximum Gasteiger partial charge on any atom is 0.251 e. The molecule has 2 aliphatic rings. The highest BCUT2D eigenvalue weighted by molar-refractivity contribution is 5.80. The SMILES string of the molecule is CC(O)C(=O)N1CCN(CCOC2CCCCC2C)CC1. The number of aliphatic hydroxyl groups is 1. The van der Waals surface area contributed by atoms with E-state index in [9.17, 15) is 9.90 Å². The average molecular weight is 298 g/mol. The van der Waals surface area contributed by atoms with Crippen molar-refractivity contribution in [2.45, 2.75) is 51.7 Å². The van der Waals surface area contributed by atoms with Crippen molar-refractivity contribution in [3.8, 4) is 0 Å². The van der Waals surface area contributed by atoms with E-state index in [2.05, 4.69) is 11.8 Å². The molecule has 122 valence electrons. The first-order valence-corrected chi connectivity index (χ1v) is 8.38. The molecule has 0 bridgehead atoms. The second-order valence-corrected chi connectivity index (χ2v) is 6.51. The maximum atomic E-state index is 11.7. The van der Waals surface area contributed by atoms with Gasteiger partial charge in [-0.1, -0.05) is 19.8 Å². The summed E-state index contributed by atoms with van der Waals surface area (Å²) < 4.78 is 6.05. The molecule has 3 atom stereocenters. The summed E-state index contributed by atoms with van der Waals surface area (Å²) in [5.74, 6) is 0.543. The molecule has 2 rings (SSSR count). The Balaban J connectivity index is 1.61. The van der Waals surface area contributed by atoms with Crippen LogP contribution in [0.2, 0.25) is 0 Å². The molecule has 3 unspecified atom stereocenters. The van der Waals surface area contributed by atoms with E-state index in [1.54, 1.807) is 4.90 Å². The van der Waals surface area contributed by atoms with Gasteiger partial charge in [-0.05, 0) is 25.7 Å². The molecule has 1 heterocycles. The summed E-state index contributed by atoms with van der Waals surface area (Å²) >= 11 is 0. The average Bonchev–Trinajstić information content (AvgIpc) is 2.49. The fourth-order valence-electron chi connectivity index (χ4n) is 3.32. The Labute approximate surface area is 128 Å². The fraction of sp³-hybridized carbons (Fsp3) is 0.938. The first-order valence-electron chi connectivity index (χ1n) is 8.38. The highest BCUT2D eigenvalue weighted by atomic mass is 16.5. The standard InChI is InChI=1S/C16H30N2O3/c1-13-5-3-4-6-15(13)21-12-11-17-7-9-18(10-8-17)16(20)14(2)19/h13-15,19H,3-12H2,1-2H3. The lowest BCUT2D eigenvalue weighted by molar-refractivity contribution is -0.141. The van der Waals surface area contributed by atoms with Crippen LogP contribution < -0.4 is 0 Å². The zero-order valence-electron chi connectivity index (χ0n) is 13.5. The Morgan fingerprint density at radius 3 is 2.52 bits per heavy atom. The van der Waals surface area contributed by atoms with Crippen molar-refractivity contribution < 1.29 is 14.6 Å². The van der Waals surface area contributed by atoms with Gasteiger partial charge in [-0.25, -0.2) is 0 Å². The summed E-state index contributed by atoms with van der Waals surface area (Å²) in [4.78, 5) is 15.8. The van der Waals surface area contributed by atoms with Crippen molar-refractivity contribution in [2.24, 2.45) is 5.92 Å². The molecule has 0 spiro atoms. The normalized spacial score (nSPS) is 29.4. The molecule has 0 aromatic heterocycles. The van der Waals surface area contributed by atoms with Gasteiger partial charge in [-0.3, -0.25) is 9.69 Å². The van der Waals surface area contributed by atoms with E-state index in [1.807, 2.05) is 0 Å². The van der Waals surface area contributed by atoms with Crippen LogP contribution in [0.1, 0.15) is 39.5 Å². The van der Waals surface area contributed by atoms with Crippen molar-refractivity contribution in [3.63, 3.8) is 0 Å². The van der Waals surface area contributed by atoms with E-state index < -0.39 is 6.10 Å². The number of rotatable bonds is 5. The minimum atomic E-state index is -0.882. The zero-order valence-corrected chi connectivity index (χ0v) is 13.5. The van der Waals surface area contributed by atoms with Gasteiger partial charge < -0.3 is 14.7 Å². The maximum absolute atomic E-state index is 11.7. The van der Waals surface area contributed by atoms with E-state index in [1.165, 1.54) is 32.6 Å². The number of ether oxygens (including phenoxy) is 1. The lowest BCUT2D eigenvalue weighted by atomic mass is 9.88. The van der Waals surface area contributed by atoms with Gasteiger partial charge in [0.2, 0.25) is 0 Å². The van der Waals surface area contributed by atoms with Crippen LogP contribution in [0, 0.1) is 5.92 Å². The molecule has 5 nitrogen and oxygen atoms in total. The Bertz CT molecular complexity index is 327. The molecule has 0 radical (unpaired) electrons. The van der Waals surface area contributed by atoms with Crippen LogP contribution in [0.3, 0.4) is 0 Å². The number of carbonyl (C=O) groups is 1. The van der Waals surface area contributed by atoms with E-state index in [0.717, 1.165) is 26.2 Å². The van der Waals surface area contributed by atoms with Crippen LogP contribution in [0.15, 0.2) is 0 Å². The first kappa shape index (κ1) is 16.7. The number of hydrogen-bond acceptors (Lipinski definition) is 4. The molecule has 2 fully saturated rings. The third-order valence-corrected chi connectivity index (χ3v) is 4.81. The van der Waals surface area contributed by atoms with Gasteiger partial charge in [0.25, 0.3) is 5.91 Å². The van der Waals surface area contributed by atoms with Gasteiger partial charge >= 0.3 is 0 Å². The molecular formula is C16H30N2O3. The Kier molecular flexibility index (Phi) is 6.45. The third kappa shape index (κ3) is 4.94. The number of carbonyl (C=O) groups excluding carboxylic acids is 1. The molecule has 1 aliphatic heterocycles. The molecule has 0 aromatic carbocycles. The summed E-state index contributed by atoms with van der Waals surface area (Å²) in [6.07, 6.45) is 4.71. The van der Waals surface area contributed by atoms with Crippen LogP contribution in [0.25, 0.3) is 0 Å². The summed E-state index contributed by atoms with van der Waals surface area (Å²) in [5, 5.41) is 9.32. The molecular weight excluding hydrogens is 268 g/mol. The van der Waals surface area contributed by atoms with Gasteiger partial charge in [-0.2, -0.15) is 0 Å². The lowest BCUT2D eigenvalue weighted by Crippen LogP contribution is -2.51. The third-order valence-electron chi connectivity index (χ3n) is 4.81. The molecule has 1 saturated heterocycles. The Hall–Kier alpha value is -0.650. The second-order valence-electron chi connectivity index (χ2n) is 6.51. The smallest absolute Gasteiger partial charge is 0.251 e. The van der Waals surface area contributed by atoms with Crippen molar-refractivity contribution >= 4 is 5.91 Å². The van der Waals surface area contributed by atoms with Crippen LogP contribution in [0.5, 0.6) is 0 Å². The van der Waals surface area contributed by atoms with Crippen molar-refractivity contribution in [1.82, 2.24) is 9.80 Å². The fourth-order valence-corrected chi connectivity index (χ4v) is 3.32. The van der Waals surface area contributed by atoms with Gasteiger partial charge in [0.1, 0.15) is 6.10 Å². The lowest BCUT2D eigenvalue weighted by Gasteiger charge is -2.36. The second kappa shape index (κ2) is 8.11. The topological polar surface area (TPSA) is 53.0 Å². The number of nitrogens with zero attached hydrogens (tertiary/aromatic N) is 2. The summed E-state index contributed by atoms with van der Waals surface area (Å²) in [5.41, 5.74) is 0. The zero-order chi connectivity index (χ0) is 15.2. The summed E-state index contributed by atoms with van der Waals surface area (Å²) in [7, 11) is 0. The highest BCUT2D eigenvalue weighted by Gasteiger charge is 2.25. The Morgan fingerprint density at radius 2 is 1.90 bits per heavy atom. The quantitative estimate of drug-likeness (QED) is 0.826. The minimum Gasteiger partial charge on any atom is -0.384 e. The Morgan fingerprint density at radius 1 is 1.24 bits per heavy atom. The minimum absolute atomic E-state index is 0.151. The van der Waals surface area contributed by atoms with Crippen molar-refractivity contribution in [2.75, 3.05) is 39.3 Å². The predicted octanol–water partition coefficient (Wildman–Crippen LogP) is 1.11. The monoisotopic (exact) mass is 298 g/mol. The van der Waals surface area contributed by atoms with Crippen molar-refractivity contribution in [3.05, 3.63) is 0 Å². The van der Waals surface area contributed by atoms with Gasteiger partial charge in [0.05, 0.1) is 12.7 Å². The number of aliphatic hydroxyl groups excluding tert-OH is 1. The van der Waals surface area contributed by atoms with Crippen LogP contribution >= 0.6 is 0 Å². The van der Waals surface area contributed by atoms with Crippen LogP contribution in [-0.4, -0.2) is 72.4 Å². The van der Waals surface area contributed by atoms with Gasteiger partial charge in [0.15, 0.2) is 0 Å². The number of piperazine rings is 1. The summed E-state index contributed by atoms with van der Waals surface area (Å²) in [6.45, 7) is 8.74. The van der Waals surface area contributed by atoms with Crippen molar-refractivity contribution in [1.29, 1.82) is 0 Å². The molecule has 1 saturated carbocycles. The van der Waals surface area contributed by atoms with E-state index >= 15 is 0 Å².